The van der Waals surface area contributed by atoms with Crippen molar-refractivity contribution in [3.05, 3.63) is 0 Å². The molecule has 5 N–H and O–H groups in total. The van der Waals surface area contributed by atoms with Crippen LogP contribution in [0.4, 0.5) is 0 Å². The van der Waals surface area contributed by atoms with Crippen molar-refractivity contribution in [1.29, 1.82) is 0 Å². The molecule has 0 bridgehead atoms. The molecule has 0 saturated carbocycles. The van der Waals surface area contributed by atoms with Crippen molar-refractivity contribution < 1.29 is 47.9 Å². The third kappa shape index (κ3) is 5.96. The largest absolute Gasteiger partial charge is 0.527 e. The molecule has 0 amide bonds. The molecule has 0 heterocycles. The highest BCUT2D eigenvalue weighted by Crippen LogP contribution is 2.46. The summed E-state index contributed by atoms with van der Waals surface area (Å²) in [4.78, 5) is 54.6. The lowest BCUT2D eigenvalue weighted by Crippen LogP contribution is -2.25. The minimum absolute atomic E-state index is 1.30. The monoisotopic (exact) mass is 278 g/mol. The summed E-state index contributed by atoms with van der Waals surface area (Å²) < 4.78 is 24.3. The lowest BCUT2D eigenvalue weighted by atomic mass is 10.3. The summed E-state index contributed by atoms with van der Waals surface area (Å²) in [6, 6.07) is 0. The van der Waals surface area contributed by atoms with E-state index in [0.29, 0.717) is 0 Å². The van der Waals surface area contributed by atoms with Crippen LogP contribution in [0.2, 0.25) is 0 Å². The van der Waals surface area contributed by atoms with Crippen LogP contribution in [0.25, 0.3) is 0 Å². The normalized spacial score (nSPS) is 14.2. The zero-order valence-corrected chi connectivity index (χ0v) is 9.25. The Morgan fingerprint density at radius 1 is 1.12 bits per heavy atom. The van der Waals surface area contributed by atoms with Crippen molar-refractivity contribution in [3.63, 3.8) is 0 Å². The van der Waals surface area contributed by atoms with Crippen LogP contribution < -0.4 is 0 Å². The van der Waals surface area contributed by atoms with Gasteiger partial charge in [-0.3, -0.25) is 23.9 Å². The van der Waals surface area contributed by atoms with Gasteiger partial charge in [0, 0.05) is 0 Å². The Morgan fingerprint density at radius 2 is 1.56 bits per heavy atom. The average Bonchev–Trinajstić information content (AvgIpc) is 1.93. The van der Waals surface area contributed by atoms with Gasteiger partial charge in [-0.2, -0.15) is 0 Å². The Hall–Kier alpha value is -0.760. The molecule has 0 aliphatic rings. The number of rotatable bonds is 5. The average molecular weight is 278 g/mol. The van der Waals surface area contributed by atoms with Gasteiger partial charge in [0.2, 0.25) is 0 Å². The van der Waals surface area contributed by atoms with Gasteiger partial charge in [-0.15, -0.1) is 0 Å². The second-order valence-corrected chi connectivity index (χ2v) is 5.57. The van der Waals surface area contributed by atoms with Gasteiger partial charge in [0.1, 0.15) is 0 Å². The summed E-state index contributed by atoms with van der Waals surface area (Å²) in [5.41, 5.74) is -2.45. The Kier molecular flexibility index (Phi) is 4.81. The lowest BCUT2D eigenvalue weighted by molar-refractivity contribution is -0.142. The second kappa shape index (κ2) is 5.05. The molecule has 94 valence electrons. The Labute approximate surface area is 88.3 Å². The molecule has 0 aliphatic heterocycles. The van der Waals surface area contributed by atoms with Crippen LogP contribution in [-0.4, -0.2) is 42.3 Å². The third-order valence-electron chi connectivity index (χ3n) is 1.25. The maximum absolute atomic E-state index is 10.9. The zero-order chi connectivity index (χ0) is 13.1. The first-order valence-corrected chi connectivity index (χ1v) is 6.70. The number of aliphatic carboxylic acids is 1. The predicted octanol–water partition coefficient (Wildman–Crippen LogP) is -1.36. The molecule has 12 heteroatoms. The van der Waals surface area contributed by atoms with Gasteiger partial charge >= 0.3 is 27.4 Å². The summed E-state index contributed by atoms with van der Waals surface area (Å²) >= 11 is 0. The number of phosphoric ester groups is 1. The minimum Gasteiger partial charge on any atom is -0.481 e. The number of carboxylic acid groups (broad SMARTS) is 1. The Balaban J connectivity index is 4.93. The maximum atomic E-state index is 10.9. The molecule has 10 nitrogen and oxygen atoms in total. The maximum Gasteiger partial charge on any atom is 0.527 e. The van der Waals surface area contributed by atoms with E-state index in [9.17, 15) is 18.7 Å². The molecule has 1 unspecified atom stereocenters. The predicted molar refractivity (Wildman–Crippen MR) is 46.2 cm³/mol. The highest BCUT2D eigenvalue weighted by atomic mass is 31.2. The number of carbonyl (C=O) groups excluding carboxylic acids is 1. The smallest absolute Gasteiger partial charge is 0.481 e. The van der Waals surface area contributed by atoms with E-state index in [4.69, 9.17) is 24.7 Å². The fourth-order valence-electron chi connectivity index (χ4n) is 0.683. The minimum atomic E-state index is -5.27. The standard InChI is InChI=1S/C4H8O10P2/c5-3(6)1-2(15(8,9)10)4(7)14-16(11,12)13/h2H,1H2,(H,5,6)(H2,8,9,10)(H2,11,12,13). The van der Waals surface area contributed by atoms with E-state index < -0.39 is 39.4 Å². The summed E-state index contributed by atoms with van der Waals surface area (Å²) in [7, 11) is -10.4. The Morgan fingerprint density at radius 3 is 1.81 bits per heavy atom. The number of hydrogen-bond acceptors (Lipinski definition) is 5. The van der Waals surface area contributed by atoms with Crippen LogP contribution in [0.1, 0.15) is 6.42 Å². The fraction of sp³-hybridized carbons (Fsp3) is 0.500. The van der Waals surface area contributed by atoms with Crippen molar-refractivity contribution >= 4 is 27.4 Å². The molecule has 0 aromatic carbocycles. The SMILES string of the molecule is O=C(O)CC(C(=O)OP(=O)(O)O)P(=O)(O)O. The number of phosphoric acid groups is 1. The first-order valence-electron chi connectivity index (χ1n) is 3.49. The van der Waals surface area contributed by atoms with E-state index in [0.717, 1.165) is 0 Å². The Bertz CT molecular complexity index is 374. The molecule has 0 saturated heterocycles. The number of carbonyl (C=O) groups is 2. The molecular weight excluding hydrogens is 270 g/mol. The van der Waals surface area contributed by atoms with Gasteiger partial charge in [-0.25, -0.2) is 4.57 Å². The van der Waals surface area contributed by atoms with Crippen molar-refractivity contribution in [3.8, 4) is 0 Å². The molecule has 0 aromatic heterocycles. The van der Waals surface area contributed by atoms with E-state index in [1.165, 1.54) is 0 Å². The highest BCUT2D eigenvalue weighted by molar-refractivity contribution is 7.54. The van der Waals surface area contributed by atoms with Crippen LogP contribution in [0.15, 0.2) is 0 Å². The van der Waals surface area contributed by atoms with Crippen molar-refractivity contribution in [2.24, 2.45) is 0 Å². The molecule has 0 spiro atoms. The van der Waals surface area contributed by atoms with E-state index in [2.05, 4.69) is 4.52 Å². The second-order valence-electron chi connectivity index (χ2n) is 2.60. The number of hydrogen-bond donors (Lipinski definition) is 5. The van der Waals surface area contributed by atoms with Gasteiger partial charge < -0.3 is 19.4 Å². The summed E-state index contributed by atoms with van der Waals surface area (Å²) in [5, 5.41) is 8.25. The van der Waals surface area contributed by atoms with Gasteiger partial charge in [-0.05, 0) is 0 Å². The third-order valence-corrected chi connectivity index (χ3v) is 2.88. The van der Waals surface area contributed by atoms with E-state index >= 15 is 0 Å². The van der Waals surface area contributed by atoms with Crippen molar-refractivity contribution in [2.45, 2.75) is 12.1 Å². The molecule has 16 heavy (non-hydrogen) atoms. The molecule has 0 aromatic rings. The topological polar surface area (TPSA) is 179 Å². The molecule has 0 rings (SSSR count). The summed E-state index contributed by atoms with van der Waals surface area (Å²) in [5.74, 6) is -3.69. The lowest BCUT2D eigenvalue weighted by Gasteiger charge is -2.15. The molecule has 0 radical (unpaired) electrons. The molecule has 0 fully saturated rings. The van der Waals surface area contributed by atoms with Crippen LogP contribution in [0.3, 0.4) is 0 Å². The highest BCUT2D eigenvalue weighted by Gasteiger charge is 2.41. The molecular formula is C4H8O10P2. The van der Waals surface area contributed by atoms with E-state index in [1.54, 1.807) is 0 Å². The zero-order valence-electron chi connectivity index (χ0n) is 7.46. The van der Waals surface area contributed by atoms with Gasteiger partial charge in [0.25, 0.3) is 0 Å². The van der Waals surface area contributed by atoms with Gasteiger partial charge in [-0.1, -0.05) is 0 Å². The first-order chi connectivity index (χ1) is 6.93. The van der Waals surface area contributed by atoms with Crippen LogP contribution in [0.5, 0.6) is 0 Å². The first kappa shape index (κ1) is 15.2. The quantitative estimate of drug-likeness (QED) is 0.377. The van der Waals surface area contributed by atoms with E-state index in [-0.39, 0.29) is 0 Å². The van der Waals surface area contributed by atoms with Crippen LogP contribution in [0, 0.1) is 0 Å². The molecule has 0 aliphatic carbocycles. The van der Waals surface area contributed by atoms with Gasteiger partial charge in [0.15, 0.2) is 5.66 Å². The van der Waals surface area contributed by atoms with Crippen molar-refractivity contribution in [2.75, 3.05) is 0 Å². The fourth-order valence-corrected chi connectivity index (χ4v) is 1.85. The van der Waals surface area contributed by atoms with E-state index in [1.807, 2.05) is 0 Å². The molecule has 1 atom stereocenters. The number of carboxylic acids is 1. The van der Waals surface area contributed by atoms with Crippen molar-refractivity contribution in [1.82, 2.24) is 0 Å². The summed E-state index contributed by atoms with van der Waals surface area (Å²) in [6.07, 6.45) is -1.30. The van der Waals surface area contributed by atoms with Gasteiger partial charge in [0.05, 0.1) is 6.42 Å². The van der Waals surface area contributed by atoms with Crippen LogP contribution >= 0.6 is 15.4 Å². The summed E-state index contributed by atoms with van der Waals surface area (Å²) in [6.45, 7) is 0. The van der Waals surface area contributed by atoms with Crippen LogP contribution in [-0.2, 0) is 23.2 Å².